The number of amides is 1. The Kier molecular flexibility index (Phi) is 3.01. The van der Waals surface area contributed by atoms with E-state index >= 15 is 0 Å². The first-order chi connectivity index (χ1) is 9.06. The van der Waals surface area contributed by atoms with Crippen LogP contribution in [0.1, 0.15) is 23.2 Å². The molecule has 2 fully saturated rings. The number of carbonyl (C=O) groups is 1. The van der Waals surface area contributed by atoms with Crippen molar-refractivity contribution in [3.8, 4) is 0 Å². The molecule has 2 aliphatic rings. The van der Waals surface area contributed by atoms with Gasteiger partial charge in [-0.2, -0.15) is 0 Å². The molecule has 102 valence electrons. The van der Waals surface area contributed by atoms with E-state index in [2.05, 4.69) is 0 Å². The van der Waals surface area contributed by atoms with Gasteiger partial charge in [-0.05, 0) is 42.9 Å². The summed E-state index contributed by atoms with van der Waals surface area (Å²) < 4.78 is 26.0. The standard InChI is InChI=1S/C14H16F2N2O/c15-11-3-1-8(5-12(11)16)14(19)18-6-9-2-4-13(17)10(9)7-18/h1,3,5,9-10,13H,2,4,6-7,17H2. The van der Waals surface area contributed by atoms with Gasteiger partial charge < -0.3 is 10.6 Å². The fourth-order valence-corrected chi connectivity index (χ4v) is 3.29. The number of nitrogens with two attached hydrogens (primary N) is 1. The fourth-order valence-electron chi connectivity index (χ4n) is 3.29. The average Bonchev–Trinajstić information content (AvgIpc) is 2.95. The second-order valence-electron chi connectivity index (χ2n) is 5.50. The number of hydrogen-bond acceptors (Lipinski definition) is 2. The molecule has 0 radical (unpaired) electrons. The molecule has 1 aromatic rings. The molecular formula is C14H16F2N2O. The van der Waals surface area contributed by atoms with Crippen LogP contribution in [0.4, 0.5) is 8.78 Å². The first-order valence-corrected chi connectivity index (χ1v) is 6.56. The van der Waals surface area contributed by atoms with E-state index in [1.807, 2.05) is 0 Å². The third-order valence-electron chi connectivity index (χ3n) is 4.37. The second-order valence-corrected chi connectivity index (χ2v) is 5.50. The van der Waals surface area contributed by atoms with Gasteiger partial charge in [0.15, 0.2) is 11.6 Å². The maximum atomic E-state index is 13.2. The average molecular weight is 266 g/mol. The molecule has 3 nitrogen and oxygen atoms in total. The third kappa shape index (κ3) is 2.12. The van der Waals surface area contributed by atoms with E-state index in [9.17, 15) is 13.6 Å². The molecule has 0 aromatic heterocycles. The van der Waals surface area contributed by atoms with E-state index in [0.717, 1.165) is 25.0 Å². The smallest absolute Gasteiger partial charge is 0.253 e. The summed E-state index contributed by atoms with van der Waals surface area (Å²) in [5, 5.41) is 0. The lowest BCUT2D eigenvalue weighted by atomic mass is 9.98. The molecule has 0 spiro atoms. The van der Waals surface area contributed by atoms with Crippen LogP contribution in [0.3, 0.4) is 0 Å². The summed E-state index contributed by atoms with van der Waals surface area (Å²) in [7, 11) is 0. The number of rotatable bonds is 1. The van der Waals surface area contributed by atoms with E-state index in [1.54, 1.807) is 4.90 Å². The molecule has 1 saturated carbocycles. The number of benzene rings is 1. The Balaban J connectivity index is 1.76. The number of halogens is 2. The minimum Gasteiger partial charge on any atom is -0.338 e. The van der Waals surface area contributed by atoms with Gasteiger partial charge in [-0.1, -0.05) is 0 Å². The van der Waals surface area contributed by atoms with Gasteiger partial charge in [0.05, 0.1) is 0 Å². The van der Waals surface area contributed by atoms with Gasteiger partial charge in [0, 0.05) is 24.7 Å². The molecular weight excluding hydrogens is 250 g/mol. The van der Waals surface area contributed by atoms with Crippen LogP contribution in [0.15, 0.2) is 18.2 Å². The Bertz CT molecular complexity index is 520. The second kappa shape index (κ2) is 4.56. The van der Waals surface area contributed by atoms with Gasteiger partial charge in [0.25, 0.3) is 5.91 Å². The lowest BCUT2D eigenvalue weighted by Gasteiger charge is -2.18. The van der Waals surface area contributed by atoms with Crippen molar-refractivity contribution in [2.75, 3.05) is 13.1 Å². The Labute approximate surface area is 110 Å². The summed E-state index contributed by atoms with van der Waals surface area (Å²) in [6.07, 6.45) is 2.07. The lowest BCUT2D eigenvalue weighted by molar-refractivity contribution is 0.0779. The Morgan fingerprint density at radius 3 is 2.68 bits per heavy atom. The highest BCUT2D eigenvalue weighted by atomic mass is 19.2. The summed E-state index contributed by atoms with van der Waals surface area (Å²) in [6.45, 7) is 1.31. The van der Waals surface area contributed by atoms with Gasteiger partial charge in [0.2, 0.25) is 0 Å². The molecule has 1 saturated heterocycles. The summed E-state index contributed by atoms with van der Waals surface area (Å²) in [5.41, 5.74) is 6.22. The Hall–Kier alpha value is -1.49. The SMILES string of the molecule is NC1CCC2CN(C(=O)c3ccc(F)c(F)c3)CC12. The summed E-state index contributed by atoms with van der Waals surface area (Å²) in [4.78, 5) is 14.0. The normalized spacial score (nSPS) is 29.6. The van der Waals surface area contributed by atoms with Crippen molar-refractivity contribution in [3.63, 3.8) is 0 Å². The van der Waals surface area contributed by atoms with Gasteiger partial charge in [0.1, 0.15) is 0 Å². The molecule has 5 heteroatoms. The van der Waals surface area contributed by atoms with Crippen LogP contribution < -0.4 is 5.73 Å². The van der Waals surface area contributed by atoms with Crippen LogP contribution in [0.2, 0.25) is 0 Å². The van der Waals surface area contributed by atoms with Crippen molar-refractivity contribution in [1.29, 1.82) is 0 Å². The molecule has 3 atom stereocenters. The van der Waals surface area contributed by atoms with Crippen molar-refractivity contribution < 1.29 is 13.6 Å². The Morgan fingerprint density at radius 1 is 1.21 bits per heavy atom. The minimum atomic E-state index is -0.984. The summed E-state index contributed by atoms with van der Waals surface area (Å²) >= 11 is 0. The molecule has 1 aliphatic heterocycles. The van der Waals surface area contributed by atoms with E-state index < -0.39 is 11.6 Å². The van der Waals surface area contributed by atoms with E-state index in [-0.39, 0.29) is 17.5 Å². The van der Waals surface area contributed by atoms with Crippen molar-refractivity contribution >= 4 is 5.91 Å². The van der Waals surface area contributed by atoms with Gasteiger partial charge in [-0.15, -0.1) is 0 Å². The zero-order valence-corrected chi connectivity index (χ0v) is 10.5. The molecule has 3 unspecified atom stereocenters. The predicted molar refractivity (Wildman–Crippen MR) is 66.5 cm³/mol. The predicted octanol–water partition coefficient (Wildman–Crippen LogP) is 1.77. The molecule has 1 aliphatic carbocycles. The highest BCUT2D eigenvalue weighted by Gasteiger charge is 2.42. The molecule has 0 bridgehead atoms. The van der Waals surface area contributed by atoms with Crippen LogP contribution in [-0.4, -0.2) is 29.9 Å². The lowest BCUT2D eigenvalue weighted by Crippen LogP contribution is -2.33. The highest BCUT2D eigenvalue weighted by Crippen LogP contribution is 2.37. The molecule has 3 rings (SSSR count). The maximum Gasteiger partial charge on any atom is 0.253 e. The van der Waals surface area contributed by atoms with E-state index in [4.69, 9.17) is 5.73 Å². The van der Waals surface area contributed by atoms with Crippen molar-refractivity contribution in [2.45, 2.75) is 18.9 Å². The number of nitrogens with zero attached hydrogens (tertiary/aromatic N) is 1. The molecule has 19 heavy (non-hydrogen) atoms. The van der Waals surface area contributed by atoms with Crippen molar-refractivity contribution in [2.24, 2.45) is 17.6 Å². The van der Waals surface area contributed by atoms with Crippen LogP contribution in [0.5, 0.6) is 0 Å². The number of carbonyl (C=O) groups excluding carboxylic acids is 1. The van der Waals surface area contributed by atoms with Crippen LogP contribution in [0, 0.1) is 23.5 Å². The molecule has 2 N–H and O–H groups in total. The van der Waals surface area contributed by atoms with E-state index in [1.165, 1.54) is 6.07 Å². The van der Waals surface area contributed by atoms with Crippen molar-refractivity contribution in [1.82, 2.24) is 4.90 Å². The fraction of sp³-hybridized carbons (Fsp3) is 0.500. The number of fused-ring (bicyclic) bond motifs is 1. The van der Waals surface area contributed by atoms with Crippen LogP contribution >= 0.6 is 0 Å². The van der Waals surface area contributed by atoms with E-state index in [0.29, 0.717) is 24.9 Å². The van der Waals surface area contributed by atoms with Crippen LogP contribution in [-0.2, 0) is 0 Å². The van der Waals surface area contributed by atoms with Gasteiger partial charge in [-0.25, -0.2) is 8.78 Å². The molecule has 1 aromatic carbocycles. The molecule has 1 heterocycles. The number of likely N-dealkylation sites (tertiary alicyclic amines) is 1. The number of hydrogen-bond donors (Lipinski definition) is 1. The highest BCUT2D eigenvalue weighted by molar-refractivity contribution is 5.94. The van der Waals surface area contributed by atoms with Gasteiger partial charge >= 0.3 is 0 Å². The monoisotopic (exact) mass is 266 g/mol. The molecule has 1 amide bonds. The third-order valence-corrected chi connectivity index (χ3v) is 4.37. The zero-order chi connectivity index (χ0) is 13.6. The maximum absolute atomic E-state index is 13.2. The quantitative estimate of drug-likeness (QED) is 0.842. The van der Waals surface area contributed by atoms with Crippen LogP contribution in [0.25, 0.3) is 0 Å². The zero-order valence-electron chi connectivity index (χ0n) is 10.5. The van der Waals surface area contributed by atoms with Crippen molar-refractivity contribution in [3.05, 3.63) is 35.4 Å². The first kappa shape index (κ1) is 12.5. The van der Waals surface area contributed by atoms with Gasteiger partial charge in [-0.3, -0.25) is 4.79 Å². The first-order valence-electron chi connectivity index (χ1n) is 6.56. The minimum absolute atomic E-state index is 0.160. The topological polar surface area (TPSA) is 46.3 Å². The Morgan fingerprint density at radius 2 is 2.00 bits per heavy atom. The largest absolute Gasteiger partial charge is 0.338 e. The summed E-state index contributed by atoms with van der Waals surface area (Å²) in [5.74, 6) is -1.34. The summed E-state index contributed by atoms with van der Waals surface area (Å²) in [6, 6.07) is 3.44.